The van der Waals surface area contributed by atoms with Gasteiger partial charge in [-0.2, -0.15) is 0 Å². The van der Waals surface area contributed by atoms with Crippen LogP contribution in [-0.2, 0) is 6.42 Å². The van der Waals surface area contributed by atoms with Crippen molar-refractivity contribution in [1.82, 2.24) is 15.2 Å². The maximum Gasteiger partial charge on any atom is 0.324 e. The molecule has 4 N–H and O–H groups in total. The van der Waals surface area contributed by atoms with Crippen molar-refractivity contribution in [2.45, 2.75) is 32.7 Å². The molecule has 0 aliphatic rings. The largest absolute Gasteiger partial charge is 0.370 e. The van der Waals surface area contributed by atoms with Gasteiger partial charge in [-0.25, -0.2) is 4.79 Å². The molecule has 0 saturated carbocycles. The lowest BCUT2D eigenvalue weighted by atomic mass is 10.1. The highest BCUT2D eigenvalue weighted by Crippen LogP contribution is 2.03. The van der Waals surface area contributed by atoms with Gasteiger partial charge in [-0.05, 0) is 44.9 Å². The molecule has 19 heavy (non-hydrogen) atoms. The van der Waals surface area contributed by atoms with Gasteiger partial charge in [0.2, 0.25) is 0 Å². The quantitative estimate of drug-likeness (QED) is 0.567. The van der Waals surface area contributed by atoms with Crippen LogP contribution in [0, 0.1) is 5.41 Å². The molecule has 0 atom stereocenters. The first kappa shape index (κ1) is 14.9. The molecule has 1 aromatic rings. The smallest absolute Gasteiger partial charge is 0.324 e. The number of aromatic nitrogens is 1. The van der Waals surface area contributed by atoms with Crippen LogP contribution in [-0.4, -0.2) is 34.0 Å². The summed E-state index contributed by atoms with van der Waals surface area (Å²) in [7, 11) is 0. The topological polar surface area (TPSA) is 95.1 Å². The zero-order valence-corrected chi connectivity index (χ0v) is 11.6. The first-order valence-electron chi connectivity index (χ1n) is 6.12. The van der Waals surface area contributed by atoms with Crippen molar-refractivity contribution >= 4 is 12.0 Å². The number of urea groups is 1. The van der Waals surface area contributed by atoms with Crippen LogP contribution in [0.1, 0.15) is 26.3 Å². The number of pyridine rings is 1. The Morgan fingerprint density at radius 2 is 2.00 bits per heavy atom. The molecule has 6 heteroatoms. The predicted molar refractivity (Wildman–Crippen MR) is 74.8 cm³/mol. The normalized spacial score (nSPS) is 10.9. The lowest BCUT2D eigenvalue weighted by molar-refractivity contribution is 0.211. The van der Waals surface area contributed by atoms with E-state index in [2.05, 4.69) is 10.3 Å². The number of rotatable bonds is 3. The number of hydrogen-bond acceptors (Lipinski definition) is 3. The number of guanidine groups is 1. The van der Waals surface area contributed by atoms with E-state index in [0.29, 0.717) is 13.0 Å². The second-order valence-electron chi connectivity index (χ2n) is 5.32. The second kappa shape index (κ2) is 6.17. The van der Waals surface area contributed by atoms with Crippen LogP contribution in [0.3, 0.4) is 0 Å². The number of hydrogen-bond donors (Lipinski definition) is 3. The second-order valence-corrected chi connectivity index (χ2v) is 5.32. The molecule has 0 spiro atoms. The van der Waals surface area contributed by atoms with Crippen molar-refractivity contribution in [3.05, 3.63) is 30.1 Å². The fourth-order valence-electron chi connectivity index (χ4n) is 1.51. The lowest BCUT2D eigenvalue weighted by Crippen LogP contribution is -2.52. The van der Waals surface area contributed by atoms with Crippen molar-refractivity contribution in [1.29, 1.82) is 5.41 Å². The number of nitrogens with two attached hydrogens (primary N) is 1. The first-order chi connectivity index (χ1) is 8.79. The maximum atomic E-state index is 12.0. The van der Waals surface area contributed by atoms with Gasteiger partial charge >= 0.3 is 6.03 Å². The number of amides is 2. The minimum Gasteiger partial charge on any atom is -0.370 e. The molecule has 1 heterocycles. The molecule has 0 saturated heterocycles. The van der Waals surface area contributed by atoms with Gasteiger partial charge in [0, 0.05) is 24.5 Å². The summed E-state index contributed by atoms with van der Waals surface area (Å²) in [6, 6.07) is 3.40. The molecule has 0 fully saturated rings. The van der Waals surface area contributed by atoms with Crippen LogP contribution in [0.4, 0.5) is 4.79 Å². The fourth-order valence-corrected chi connectivity index (χ4v) is 1.51. The van der Waals surface area contributed by atoms with E-state index in [4.69, 9.17) is 11.1 Å². The maximum absolute atomic E-state index is 12.0. The van der Waals surface area contributed by atoms with Gasteiger partial charge in [0.25, 0.3) is 0 Å². The van der Waals surface area contributed by atoms with Crippen molar-refractivity contribution in [2.75, 3.05) is 6.54 Å². The van der Waals surface area contributed by atoms with Gasteiger partial charge in [0.15, 0.2) is 5.96 Å². The van der Waals surface area contributed by atoms with E-state index in [1.54, 1.807) is 12.4 Å². The van der Waals surface area contributed by atoms with Crippen LogP contribution < -0.4 is 11.1 Å². The van der Waals surface area contributed by atoms with Crippen molar-refractivity contribution in [3.8, 4) is 0 Å². The van der Waals surface area contributed by atoms with Crippen LogP contribution >= 0.6 is 0 Å². The van der Waals surface area contributed by atoms with Crippen molar-refractivity contribution in [3.63, 3.8) is 0 Å². The van der Waals surface area contributed by atoms with Gasteiger partial charge in [-0.3, -0.25) is 15.3 Å². The van der Waals surface area contributed by atoms with Crippen LogP contribution in [0.2, 0.25) is 0 Å². The van der Waals surface area contributed by atoms with Crippen LogP contribution in [0.5, 0.6) is 0 Å². The minimum atomic E-state index is -0.360. The Kier molecular flexibility index (Phi) is 4.86. The zero-order valence-electron chi connectivity index (χ0n) is 11.6. The Balaban J connectivity index is 2.64. The van der Waals surface area contributed by atoms with E-state index in [0.717, 1.165) is 5.56 Å². The van der Waals surface area contributed by atoms with E-state index < -0.39 is 0 Å². The van der Waals surface area contributed by atoms with E-state index in [9.17, 15) is 4.79 Å². The number of carbonyl (C=O) groups excluding carboxylic acids is 1. The molecular weight excluding hydrogens is 242 g/mol. The third kappa shape index (κ3) is 5.37. The summed E-state index contributed by atoms with van der Waals surface area (Å²) in [6.45, 7) is 6.01. The highest BCUT2D eigenvalue weighted by Gasteiger charge is 2.21. The van der Waals surface area contributed by atoms with Gasteiger partial charge in [0.1, 0.15) is 0 Å². The zero-order chi connectivity index (χ0) is 14.5. The van der Waals surface area contributed by atoms with E-state index >= 15 is 0 Å². The summed E-state index contributed by atoms with van der Waals surface area (Å²) in [5.41, 5.74) is 6.14. The Hall–Kier alpha value is -2.11. The van der Waals surface area contributed by atoms with Crippen LogP contribution in [0.15, 0.2) is 24.5 Å². The summed E-state index contributed by atoms with van der Waals surface area (Å²) >= 11 is 0. The molecule has 0 bridgehead atoms. The van der Waals surface area contributed by atoms with E-state index in [-0.39, 0.29) is 17.5 Å². The summed E-state index contributed by atoms with van der Waals surface area (Å²) in [6.07, 6.45) is 4.02. The lowest BCUT2D eigenvalue weighted by Gasteiger charge is -2.27. The van der Waals surface area contributed by atoms with Crippen LogP contribution in [0.25, 0.3) is 0 Å². The Morgan fingerprint density at radius 3 is 2.47 bits per heavy atom. The Bertz CT molecular complexity index is 438. The molecule has 1 rings (SSSR count). The highest BCUT2D eigenvalue weighted by atomic mass is 16.2. The summed E-state index contributed by atoms with van der Waals surface area (Å²) in [5, 5.41) is 10.3. The number of nitrogens with zero attached hydrogens (tertiary/aromatic N) is 2. The summed E-state index contributed by atoms with van der Waals surface area (Å²) in [5.74, 6) is -0.254. The first-order valence-corrected chi connectivity index (χ1v) is 6.12. The minimum absolute atomic E-state index is 0.254. The average molecular weight is 263 g/mol. The number of carbonyl (C=O) groups is 1. The molecule has 0 aliphatic heterocycles. The third-order valence-corrected chi connectivity index (χ3v) is 2.39. The van der Waals surface area contributed by atoms with Gasteiger partial charge in [0.05, 0.1) is 0 Å². The summed E-state index contributed by atoms with van der Waals surface area (Å²) < 4.78 is 0. The van der Waals surface area contributed by atoms with Gasteiger partial charge in [-0.15, -0.1) is 0 Å². The molecule has 0 unspecified atom stereocenters. The van der Waals surface area contributed by atoms with Crippen molar-refractivity contribution in [2.24, 2.45) is 5.73 Å². The standard InChI is InChI=1S/C13H21N5O/c1-13(2,3)17-12(19)18(11(14)15)9-6-10-4-7-16-8-5-10/h4-5,7-8H,6,9H2,1-3H3,(H3,14,15)(H,17,19). The van der Waals surface area contributed by atoms with Gasteiger partial charge < -0.3 is 11.1 Å². The number of nitrogens with one attached hydrogen (secondary N) is 2. The Morgan fingerprint density at radius 1 is 1.42 bits per heavy atom. The molecule has 2 amide bonds. The monoisotopic (exact) mass is 263 g/mol. The molecular formula is C13H21N5O. The van der Waals surface area contributed by atoms with Gasteiger partial charge in [-0.1, -0.05) is 0 Å². The van der Waals surface area contributed by atoms with E-state index in [1.165, 1.54) is 4.90 Å². The molecule has 0 aromatic carbocycles. The van der Waals surface area contributed by atoms with Crippen molar-refractivity contribution < 1.29 is 4.79 Å². The average Bonchev–Trinajstić information content (AvgIpc) is 2.27. The third-order valence-electron chi connectivity index (χ3n) is 2.39. The molecule has 0 radical (unpaired) electrons. The highest BCUT2D eigenvalue weighted by molar-refractivity contribution is 5.94. The molecule has 104 valence electrons. The molecule has 6 nitrogen and oxygen atoms in total. The van der Waals surface area contributed by atoms with E-state index in [1.807, 2.05) is 32.9 Å². The predicted octanol–water partition coefficient (Wildman–Crippen LogP) is 1.33. The Labute approximate surface area is 113 Å². The SMILES string of the molecule is CC(C)(C)NC(=O)N(CCc1ccncc1)C(=N)N. The summed E-state index contributed by atoms with van der Waals surface area (Å²) in [4.78, 5) is 17.2. The molecule has 1 aromatic heterocycles. The fraction of sp³-hybridized carbons (Fsp3) is 0.462. The molecule has 0 aliphatic carbocycles.